The first-order chi connectivity index (χ1) is 19.0. The lowest BCUT2D eigenvalue weighted by Crippen LogP contribution is -2.46. The van der Waals surface area contributed by atoms with Gasteiger partial charge in [0.05, 0.1) is 19.9 Å². The van der Waals surface area contributed by atoms with Crippen LogP contribution in [0.5, 0.6) is 28.7 Å². The van der Waals surface area contributed by atoms with E-state index < -0.39 is 11.9 Å². The normalized spacial score (nSPS) is 15.3. The first-order valence-electron chi connectivity index (χ1n) is 13.0. The van der Waals surface area contributed by atoms with Gasteiger partial charge >= 0.3 is 0 Å². The summed E-state index contributed by atoms with van der Waals surface area (Å²) in [5, 5.41) is 13.4. The molecule has 1 saturated carbocycles. The van der Waals surface area contributed by atoms with Crippen LogP contribution in [0.4, 0.5) is 5.69 Å². The maximum Gasteiger partial charge on any atom is 0.259 e. The summed E-state index contributed by atoms with van der Waals surface area (Å²) in [5.74, 6) is 0.788. The summed E-state index contributed by atoms with van der Waals surface area (Å²) in [6.45, 7) is 0.806. The minimum absolute atomic E-state index is 0.0166. The summed E-state index contributed by atoms with van der Waals surface area (Å²) in [4.78, 5) is 29.9. The van der Waals surface area contributed by atoms with Gasteiger partial charge < -0.3 is 29.4 Å². The molecule has 1 atom stereocenters. The van der Waals surface area contributed by atoms with E-state index in [-0.39, 0.29) is 23.4 Å². The number of aromatic hydroxyl groups is 1. The molecule has 9 heteroatoms. The topological polar surface area (TPSA) is 107 Å². The highest BCUT2D eigenvalue weighted by atomic mass is 16.6. The van der Waals surface area contributed by atoms with E-state index in [2.05, 4.69) is 5.32 Å². The second kappa shape index (κ2) is 11.6. The van der Waals surface area contributed by atoms with Crippen molar-refractivity contribution in [3.05, 3.63) is 71.8 Å². The quantitative estimate of drug-likeness (QED) is 0.436. The molecule has 1 heterocycles. The number of ether oxygens (including phenoxy) is 4. The molecule has 0 saturated heterocycles. The van der Waals surface area contributed by atoms with Crippen LogP contribution in [-0.4, -0.2) is 50.4 Å². The van der Waals surface area contributed by atoms with E-state index in [0.717, 1.165) is 25.7 Å². The fourth-order valence-electron chi connectivity index (χ4n) is 5.14. The Morgan fingerprint density at radius 3 is 2.38 bits per heavy atom. The number of para-hydroxylation sites is 2. The number of hydrogen-bond donors (Lipinski definition) is 2. The summed E-state index contributed by atoms with van der Waals surface area (Å²) in [6, 6.07) is 15.6. The maximum absolute atomic E-state index is 14.4. The van der Waals surface area contributed by atoms with Crippen LogP contribution in [0.2, 0.25) is 0 Å². The number of amides is 2. The molecule has 39 heavy (non-hydrogen) atoms. The summed E-state index contributed by atoms with van der Waals surface area (Å²) in [6.07, 6.45) is 3.83. The van der Waals surface area contributed by atoms with Crippen molar-refractivity contribution in [2.75, 3.05) is 32.3 Å². The monoisotopic (exact) mass is 532 g/mol. The lowest BCUT2D eigenvalue weighted by Gasteiger charge is -2.33. The van der Waals surface area contributed by atoms with Gasteiger partial charge in [0.2, 0.25) is 5.91 Å². The van der Waals surface area contributed by atoms with Gasteiger partial charge in [-0.3, -0.25) is 14.5 Å². The Morgan fingerprint density at radius 1 is 0.923 bits per heavy atom. The van der Waals surface area contributed by atoms with E-state index in [1.165, 1.54) is 25.2 Å². The SMILES string of the molecule is COc1cc([C@@H](C(=O)NC2CCCC2)N(C(=O)c2ccc3c(c2)OCCO3)c2ccccc2OC)ccc1O. The third-order valence-corrected chi connectivity index (χ3v) is 7.08. The van der Waals surface area contributed by atoms with Gasteiger partial charge in [-0.05, 0) is 60.9 Å². The maximum atomic E-state index is 14.4. The summed E-state index contributed by atoms with van der Waals surface area (Å²) in [5.41, 5.74) is 1.20. The minimum Gasteiger partial charge on any atom is -0.504 e. The third-order valence-electron chi connectivity index (χ3n) is 7.08. The van der Waals surface area contributed by atoms with E-state index in [1.54, 1.807) is 54.6 Å². The number of phenolic OH excluding ortho intramolecular Hbond substituents is 1. The van der Waals surface area contributed by atoms with Crippen molar-refractivity contribution in [2.45, 2.75) is 37.8 Å². The predicted molar refractivity (Wildman–Crippen MR) is 145 cm³/mol. The van der Waals surface area contributed by atoms with E-state index in [4.69, 9.17) is 18.9 Å². The standard InChI is InChI=1S/C30H32N2O7/c1-36-24-10-6-5-9-22(24)32(30(35)20-12-14-25-27(18-20)39-16-15-38-25)28(29(34)31-21-7-3-4-8-21)19-11-13-23(33)26(17-19)37-2/h5-6,9-14,17-18,21,28,33H,3-4,7-8,15-16H2,1-2H3,(H,31,34)/t28-/m0/s1. The van der Waals surface area contributed by atoms with Crippen molar-refractivity contribution in [3.8, 4) is 28.7 Å². The number of rotatable bonds is 8. The molecule has 0 bridgehead atoms. The fourth-order valence-corrected chi connectivity index (χ4v) is 5.14. The molecule has 2 amide bonds. The molecular weight excluding hydrogens is 500 g/mol. The van der Waals surface area contributed by atoms with Crippen LogP contribution >= 0.6 is 0 Å². The van der Waals surface area contributed by atoms with Crippen molar-refractivity contribution < 1.29 is 33.6 Å². The zero-order valence-corrected chi connectivity index (χ0v) is 22.0. The van der Waals surface area contributed by atoms with Gasteiger partial charge in [-0.1, -0.05) is 31.0 Å². The van der Waals surface area contributed by atoms with E-state index in [1.807, 2.05) is 0 Å². The molecule has 3 aromatic rings. The number of methoxy groups -OCH3 is 2. The van der Waals surface area contributed by atoms with Crippen molar-refractivity contribution in [1.29, 1.82) is 0 Å². The van der Waals surface area contributed by atoms with Crippen molar-refractivity contribution in [2.24, 2.45) is 0 Å². The molecule has 0 unspecified atom stereocenters. The molecule has 0 spiro atoms. The first-order valence-corrected chi connectivity index (χ1v) is 13.0. The minimum atomic E-state index is -1.10. The number of nitrogens with one attached hydrogen (secondary N) is 1. The zero-order chi connectivity index (χ0) is 27.4. The zero-order valence-electron chi connectivity index (χ0n) is 22.0. The van der Waals surface area contributed by atoms with Crippen molar-refractivity contribution in [1.82, 2.24) is 5.32 Å². The Hall–Kier alpha value is -4.40. The predicted octanol–water partition coefficient (Wildman–Crippen LogP) is 4.63. The smallest absolute Gasteiger partial charge is 0.259 e. The molecule has 1 aliphatic heterocycles. The van der Waals surface area contributed by atoms with Gasteiger partial charge in [0.25, 0.3) is 5.91 Å². The molecule has 2 N–H and O–H groups in total. The summed E-state index contributed by atoms with van der Waals surface area (Å²) >= 11 is 0. The lowest BCUT2D eigenvalue weighted by atomic mass is 10.00. The van der Waals surface area contributed by atoms with Gasteiger partial charge in [0, 0.05) is 11.6 Å². The second-order valence-electron chi connectivity index (χ2n) is 9.53. The average molecular weight is 533 g/mol. The van der Waals surface area contributed by atoms with E-state index in [9.17, 15) is 14.7 Å². The van der Waals surface area contributed by atoms with Crippen LogP contribution in [0, 0.1) is 0 Å². The number of benzene rings is 3. The summed E-state index contributed by atoms with van der Waals surface area (Å²) < 4.78 is 22.3. The molecule has 9 nitrogen and oxygen atoms in total. The highest BCUT2D eigenvalue weighted by Gasteiger charge is 2.37. The molecule has 204 valence electrons. The fraction of sp³-hybridized carbons (Fsp3) is 0.333. The Labute approximate surface area is 227 Å². The highest BCUT2D eigenvalue weighted by molar-refractivity contribution is 6.11. The Balaban J connectivity index is 1.66. The molecule has 3 aromatic carbocycles. The van der Waals surface area contributed by atoms with Gasteiger partial charge in [0.15, 0.2) is 23.0 Å². The van der Waals surface area contributed by atoms with Crippen molar-refractivity contribution in [3.63, 3.8) is 0 Å². The lowest BCUT2D eigenvalue weighted by molar-refractivity contribution is -0.123. The molecule has 1 aliphatic carbocycles. The molecule has 0 radical (unpaired) electrons. The molecule has 2 aliphatic rings. The first kappa shape index (κ1) is 26.2. The van der Waals surface area contributed by atoms with E-state index in [0.29, 0.717) is 47.3 Å². The molecule has 5 rings (SSSR count). The Morgan fingerprint density at radius 2 is 1.64 bits per heavy atom. The van der Waals surface area contributed by atoms with Crippen molar-refractivity contribution >= 4 is 17.5 Å². The van der Waals surface area contributed by atoms with Gasteiger partial charge in [-0.15, -0.1) is 0 Å². The summed E-state index contributed by atoms with van der Waals surface area (Å²) in [7, 11) is 2.95. The highest BCUT2D eigenvalue weighted by Crippen LogP contribution is 2.40. The Kier molecular flexibility index (Phi) is 7.76. The Bertz CT molecular complexity index is 1350. The number of nitrogens with zero attached hydrogens (tertiary/aromatic N) is 1. The van der Waals surface area contributed by atoms with Crippen LogP contribution in [-0.2, 0) is 4.79 Å². The largest absolute Gasteiger partial charge is 0.504 e. The molecule has 1 fully saturated rings. The number of hydrogen-bond acceptors (Lipinski definition) is 7. The van der Waals surface area contributed by atoms with Crippen LogP contribution in [0.3, 0.4) is 0 Å². The van der Waals surface area contributed by atoms with Gasteiger partial charge in [-0.2, -0.15) is 0 Å². The number of anilines is 1. The third kappa shape index (κ3) is 5.43. The number of carbonyl (C=O) groups is 2. The van der Waals surface area contributed by atoms with E-state index >= 15 is 0 Å². The average Bonchev–Trinajstić information content (AvgIpc) is 3.48. The number of carbonyl (C=O) groups excluding carboxylic acids is 2. The van der Waals surface area contributed by atoms with Crippen LogP contribution in [0.1, 0.15) is 47.6 Å². The van der Waals surface area contributed by atoms with Gasteiger partial charge in [-0.25, -0.2) is 0 Å². The van der Waals surface area contributed by atoms with Crippen LogP contribution in [0.15, 0.2) is 60.7 Å². The number of phenols is 1. The second-order valence-corrected chi connectivity index (χ2v) is 9.53. The number of fused-ring (bicyclic) bond motifs is 1. The van der Waals surface area contributed by atoms with Gasteiger partial charge in [0.1, 0.15) is 25.0 Å². The molecule has 0 aromatic heterocycles. The van der Waals surface area contributed by atoms with Crippen LogP contribution in [0.25, 0.3) is 0 Å². The van der Waals surface area contributed by atoms with Crippen LogP contribution < -0.4 is 29.2 Å². The molecular formula is C30H32N2O7.